The lowest BCUT2D eigenvalue weighted by molar-refractivity contribution is 0.306. The van der Waals surface area contributed by atoms with E-state index in [0.717, 1.165) is 16.8 Å². The topological polar surface area (TPSA) is 14.2 Å². The smallest absolute Gasteiger partial charge is 0.120 e. The minimum atomic E-state index is 0.587. The number of benzene rings is 3. The normalized spacial score (nSPS) is 10.9. The van der Waals surface area contributed by atoms with Gasteiger partial charge in [-0.3, -0.25) is 0 Å². The van der Waals surface area contributed by atoms with Crippen LogP contribution in [0.1, 0.15) is 11.1 Å². The van der Waals surface area contributed by atoms with E-state index in [-0.39, 0.29) is 0 Å². The van der Waals surface area contributed by atoms with E-state index in [2.05, 4.69) is 75.2 Å². The Hall–Kier alpha value is -2.52. The highest BCUT2D eigenvalue weighted by Crippen LogP contribution is 2.25. The summed E-state index contributed by atoms with van der Waals surface area (Å²) in [4.78, 5) is 0. The predicted octanol–water partition coefficient (Wildman–Crippen LogP) is 6.03. The standard InChI is InChI=1S/C22H18BrNO/c23-21-9-5-4-8-19(21)15-24-13-12-18-14-20(10-11-22(18)24)25-16-17-6-2-1-3-7-17/h1-14H,15-16H2. The van der Waals surface area contributed by atoms with Crippen LogP contribution in [0.2, 0.25) is 0 Å². The summed E-state index contributed by atoms with van der Waals surface area (Å²) in [5.74, 6) is 0.898. The molecule has 3 aromatic carbocycles. The van der Waals surface area contributed by atoms with Gasteiger partial charge in [0.15, 0.2) is 0 Å². The summed E-state index contributed by atoms with van der Waals surface area (Å²) in [6.45, 7) is 1.43. The van der Waals surface area contributed by atoms with Crippen molar-refractivity contribution < 1.29 is 4.74 Å². The van der Waals surface area contributed by atoms with Crippen molar-refractivity contribution in [3.05, 3.63) is 101 Å². The highest BCUT2D eigenvalue weighted by molar-refractivity contribution is 9.10. The van der Waals surface area contributed by atoms with Gasteiger partial charge in [-0.1, -0.05) is 64.5 Å². The monoisotopic (exact) mass is 391 g/mol. The van der Waals surface area contributed by atoms with E-state index in [4.69, 9.17) is 4.74 Å². The summed E-state index contributed by atoms with van der Waals surface area (Å²) in [7, 11) is 0. The molecule has 0 atom stereocenters. The zero-order valence-electron chi connectivity index (χ0n) is 13.7. The highest BCUT2D eigenvalue weighted by atomic mass is 79.9. The Morgan fingerprint density at radius 1 is 0.840 bits per heavy atom. The van der Waals surface area contributed by atoms with Crippen LogP contribution in [0.25, 0.3) is 10.9 Å². The molecule has 0 N–H and O–H groups in total. The third kappa shape index (κ3) is 3.62. The summed E-state index contributed by atoms with van der Waals surface area (Å²) < 4.78 is 9.33. The average molecular weight is 392 g/mol. The van der Waals surface area contributed by atoms with E-state index in [9.17, 15) is 0 Å². The number of aromatic nitrogens is 1. The number of hydrogen-bond donors (Lipinski definition) is 0. The molecular weight excluding hydrogens is 374 g/mol. The molecule has 0 aliphatic heterocycles. The second-order valence-electron chi connectivity index (χ2n) is 6.03. The maximum atomic E-state index is 5.93. The van der Waals surface area contributed by atoms with Crippen LogP contribution < -0.4 is 4.74 Å². The summed E-state index contributed by atoms with van der Waals surface area (Å²) in [6, 6.07) is 27.0. The van der Waals surface area contributed by atoms with Crippen molar-refractivity contribution in [2.45, 2.75) is 13.2 Å². The molecule has 0 amide bonds. The van der Waals surface area contributed by atoms with E-state index in [0.29, 0.717) is 6.61 Å². The fraction of sp³-hybridized carbons (Fsp3) is 0.0909. The summed E-state index contributed by atoms with van der Waals surface area (Å²) in [5, 5.41) is 1.19. The first-order chi connectivity index (χ1) is 12.3. The van der Waals surface area contributed by atoms with E-state index in [1.165, 1.54) is 22.0 Å². The Bertz CT molecular complexity index is 991. The van der Waals surface area contributed by atoms with Crippen LogP contribution in [0.5, 0.6) is 5.75 Å². The number of halogens is 1. The van der Waals surface area contributed by atoms with Gasteiger partial charge in [0.2, 0.25) is 0 Å². The minimum Gasteiger partial charge on any atom is -0.489 e. The lowest BCUT2D eigenvalue weighted by atomic mass is 10.2. The van der Waals surface area contributed by atoms with Gasteiger partial charge in [-0.05, 0) is 41.5 Å². The maximum Gasteiger partial charge on any atom is 0.120 e. The minimum absolute atomic E-state index is 0.587. The maximum absolute atomic E-state index is 5.93. The second-order valence-corrected chi connectivity index (χ2v) is 6.88. The molecule has 0 radical (unpaired) electrons. The van der Waals surface area contributed by atoms with Crippen molar-refractivity contribution in [1.82, 2.24) is 4.57 Å². The van der Waals surface area contributed by atoms with Crippen LogP contribution in [-0.2, 0) is 13.2 Å². The molecule has 0 aliphatic rings. The van der Waals surface area contributed by atoms with Gasteiger partial charge in [0.05, 0.1) is 0 Å². The molecule has 0 fully saturated rings. The molecule has 0 spiro atoms. The number of nitrogens with zero attached hydrogens (tertiary/aromatic N) is 1. The van der Waals surface area contributed by atoms with Gasteiger partial charge in [-0.25, -0.2) is 0 Å². The van der Waals surface area contributed by atoms with Gasteiger partial charge in [0, 0.05) is 28.1 Å². The predicted molar refractivity (Wildman–Crippen MR) is 106 cm³/mol. The van der Waals surface area contributed by atoms with Gasteiger partial charge in [0.25, 0.3) is 0 Å². The van der Waals surface area contributed by atoms with Crippen LogP contribution >= 0.6 is 15.9 Å². The van der Waals surface area contributed by atoms with Crippen molar-refractivity contribution in [1.29, 1.82) is 0 Å². The first kappa shape index (κ1) is 16.0. The number of hydrogen-bond acceptors (Lipinski definition) is 1. The van der Waals surface area contributed by atoms with Crippen molar-refractivity contribution in [2.24, 2.45) is 0 Å². The van der Waals surface area contributed by atoms with Gasteiger partial charge in [-0.15, -0.1) is 0 Å². The largest absolute Gasteiger partial charge is 0.489 e. The SMILES string of the molecule is Brc1ccccc1Cn1ccc2cc(OCc3ccccc3)ccc21. The Morgan fingerprint density at radius 2 is 1.64 bits per heavy atom. The number of ether oxygens (including phenoxy) is 1. The molecule has 4 rings (SSSR count). The first-order valence-electron chi connectivity index (χ1n) is 8.28. The van der Waals surface area contributed by atoms with Gasteiger partial charge < -0.3 is 9.30 Å². The lowest BCUT2D eigenvalue weighted by Crippen LogP contribution is -1.99. The van der Waals surface area contributed by atoms with Crippen LogP contribution in [0, 0.1) is 0 Å². The van der Waals surface area contributed by atoms with Crippen molar-refractivity contribution in [3.63, 3.8) is 0 Å². The molecule has 3 heteroatoms. The van der Waals surface area contributed by atoms with Gasteiger partial charge in [-0.2, -0.15) is 0 Å². The van der Waals surface area contributed by atoms with Crippen LogP contribution in [-0.4, -0.2) is 4.57 Å². The van der Waals surface area contributed by atoms with Crippen molar-refractivity contribution >= 4 is 26.8 Å². The van der Waals surface area contributed by atoms with E-state index in [1.54, 1.807) is 0 Å². The molecule has 0 aliphatic carbocycles. The Kier molecular flexibility index (Phi) is 4.57. The average Bonchev–Trinajstić information content (AvgIpc) is 3.05. The zero-order chi connectivity index (χ0) is 17.1. The molecule has 0 saturated carbocycles. The Morgan fingerprint density at radius 3 is 2.48 bits per heavy atom. The first-order valence-corrected chi connectivity index (χ1v) is 9.08. The lowest BCUT2D eigenvalue weighted by Gasteiger charge is -2.09. The fourth-order valence-electron chi connectivity index (χ4n) is 2.96. The summed E-state index contributed by atoms with van der Waals surface area (Å²) in [6.07, 6.45) is 2.13. The third-order valence-corrected chi connectivity index (χ3v) is 5.06. The van der Waals surface area contributed by atoms with Crippen LogP contribution in [0.3, 0.4) is 0 Å². The van der Waals surface area contributed by atoms with Crippen LogP contribution in [0.15, 0.2) is 89.5 Å². The van der Waals surface area contributed by atoms with Crippen molar-refractivity contribution in [2.75, 3.05) is 0 Å². The van der Waals surface area contributed by atoms with E-state index < -0.39 is 0 Å². The quantitative estimate of drug-likeness (QED) is 0.404. The zero-order valence-corrected chi connectivity index (χ0v) is 15.3. The fourth-order valence-corrected chi connectivity index (χ4v) is 3.37. The molecular formula is C22H18BrNO. The molecule has 4 aromatic rings. The van der Waals surface area contributed by atoms with E-state index in [1.807, 2.05) is 30.3 Å². The van der Waals surface area contributed by atoms with Crippen LogP contribution in [0.4, 0.5) is 0 Å². The van der Waals surface area contributed by atoms with Crippen molar-refractivity contribution in [3.8, 4) is 5.75 Å². The third-order valence-electron chi connectivity index (χ3n) is 4.29. The summed E-state index contributed by atoms with van der Waals surface area (Å²) in [5.41, 5.74) is 3.65. The highest BCUT2D eigenvalue weighted by Gasteiger charge is 2.06. The number of rotatable bonds is 5. The van der Waals surface area contributed by atoms with Gasteiger partial charge >= 0.3 is 0 Å². The number of fused-ring (bicyclic) bond motifs is 1. The molecule has 0 saturated heterocycles. The molecule has 1 aromatic heterocycles. The molecule has 1 heterocycles. The molecule has 0 bridgehead atoms. The van der Waals surface area contributed by atoms with E-state index >= 15 is 0 Å². The molecule has 25 heavy (non-hydrogen) atoms. The Labute approximate surface area is 155 Å². The molecule has 0 unspecified atom stereocenters. The van der Waals surface area contributed by atoms with Gasteiger partial charge in [0.1, 0.15) is 12.4 Å². The molecule has 124 valence electrons. The Balaban J connectivity index is 1.54. The summed E-state index contributed by atoms with van der Waals surface area (Å²) >= 11 is 3.63. The second kappa shape index (κ2) is 7.16. The molecule has 2 nitrogen and oxygen atoms in total.